The van der Waals surface area contributed by atoms with E-state index in [-0.39, 0.29) is 17.0 Å². The van der Waals surface area contributed by atoms with E-state index in [2.05, 4.69) is 5.10 Å². The first kappa shape index (κ1) is 12.3. The molecule has 2 aromatic rings. The summed E-state index contributed by atoms with van der Waals surface area (Å²) < 4.78 is 1.28. The number of hydrogen-bond donors (Lipinski definition) is 0. The van der Waals surface area contributed by atoms with E-state index in [1.54, 1.807) is 0 Å². The van der Waals surface area contributed by atoms with E-state index in [1.807, 2.05) is 36.4 Å². The smallest absolute Gasteiger partial charge is 0.266 e. The molecule has 1 heterocycles. The van der Waals surface area contributed by atoms with Crippen LogP contribution in [0.4, 0.5) is 0 Å². The van der Waals surface area contributed by atoms with Gasteiger partial charge in [-0.05, 0) is 11.6 Å². The lowest BCUT2D eigenvalue weighted by molar-refractivity contribution is 0.625. The Kier molecular flexibility index (Phi) is 3.75. The summed E-state index contributed by atoms with van der Waals surface area (Å²) in [5.41, 5.74) is 1.11. The van der Waals surface area contributed by atoms with Crippen LogP contribution in [-0.2, 0) is 13.0 Å². The number of nitrogens with zero attached hydrogens (tertiary/aromatic N) is 3. The second-order valence-corrected chi connectivity index (χ2v) is 4.17. The molecule has 0 aliphatic carbocycles. The van der Waals surface area contributed by atoms with Crippen molar-refractivity contribution in [2.24, 2.45) is 0 Å². The Bertz CT molecular complexity index is 644. The van der Waals surface area contributed by atoms with Crippen molar-refractivity contribution in [1.82, 2.24) is 9.78 Å². The van der Waals surface area contributed by atoms with E-state index in [0.29, 0.717) is 12.2 Å². The van der Waals surface area contributed by atoms with Crippen LogP contribution in [0.5, 0.6) is 0 Å². The maximum absolute atomic E-state index is 11.8. The predicted octanol–water partition coefficient (Wildman–Crippen LogP) is 2.01. The van der Waals surface area contributed by atoms with Crippen LogP contribution in [0, 0.1) is 11.3 Å². The minimum atomic E-state index is -0.345. The van der Waals surface area contributed by atoms with Crippen LogP contribution in [0.15, 0.2) is 41.2 Å². The highest BCUT2D eigenvalue weighted by atomic mass is 35.5. The Morgan fingerprint density at radius 1 is 1.33 bits per heavy atom. The molecule has 0 unspecified atom stereocenters. The monoisotopic (exact) mass is 259 g/mol. The summed E-state index contributed by atoms with van der Waals surface area (Å²) >= 11 is 5.84. The molecule has 0 saturated heterocycles. The number of nitriles is 1. The maximum Gasteiger partial charge on any atom is 0.285 e. The summed E-state index contributed by atoms with van der Waals surface area (Å²) in [6.07, 6.45) is 0.134. The van der Waals surface area contributed by atoms with Crippen molar-refractivity contribution in [2.75, 3.05) is 0 Å². The molecule has 0 radical (unpaired) electrons. The Hall–Kier alpha value is -2.12. The third-order valence-corrected chi connectivity index (χ3v) is 2.69. The topological polar surface area (TPSA) is 58.7 Å². The first-order valence-corrected chi connectivity index (χ1v) is 5.76. The van der Waals surface area contributed by atoms with Gasteiger partial charge in [-0.25, -0.2) is 4.68 Å². The second kappa shape index (κ2) is 5.48. The van der Waals surface area contributed by atoms with Gasteiger partial charge >= 0.3 is 0 Å². The van der Waals surface area contributed by atoms with Gasteiger partial charge < -0.3 is 0 Å². The molecule has 0 amide bonds. The molecule has 0 N–H and O–H groups in total. The largest absolute Gasteiger partial charge is 0.285 e. The Balaban J connectivity index is 2.38. The molecule has 0 aliphatic heterocycles. The molecule has 0 bridgehead atoms. The van der Waals surface area contributed by atoms with E-state index in [0.717, 1.165) is 5.56 Å². The van der Waals surface area contributed by atoms with E-state index in [4.69, 9.17) is 16.9 Å². The zero-order valence-corrected chi connectivity index (χ0v) is 10.3. The molecule has 0 fully saturated rings. The van der Waals surface area contributed by atoms with E-state index >= 15 is 0 Å². The van der Waals surface area contributed by atoms with Gasteiger partial charge in [-0.3, -0.25) is 4.79 Å². The summed E-state index contributed by atoms with van der Waals surface area (Å²) in [6, 6.07) is 12.9. The van der Waals surface area contributed by atoms with Crippen molar-refractivity contribution in [1.29, 1.82) is 5.26 Å². The summed E-state index contributed by atoms with van der Waals surface area (Å²) in [4.78, 5) is 11.8. The molecule has 5 heteroatoms. The average Bonchev–Trinajstić information content (AvgIpc) is 2.37. The van der Waals surface area contributed by atoms with Crippen LogP contribution in [0.3, 0.4) is 0 Å². The van der Waals surface area contributed by atoms with Gasteiger partial charge in [0.25, 0.3) is 5.56 Å². The van der Waals surface area contributed by atoms with Gasteiger partial charge in [0.1, 0.15) is 5.02 Å². The van der Waals surface area contributed by atoms with Gasteiger partial charge in [0, 0.05) is 0 Å². The molecule has 4 nitrogen and oxygen atoms in total. The van der Waals surface area contributed by atoms with Crippen LogP contribution in [0.25, 0.3) is 0 Å². The van der Waals surface area contributed by atoms with Gasteiger partial charge in [-0.1, -0.05) is 41.9 Å². The van der Waals surface area contributed by atoms with Crippen molar-refractivity contribution in [2.45, 2.75) is 13.0 Å². The fourth-order valence-electron chi connectivity index (χ4n) is 1.59. The first-order chi connectivity index (χ1) is 8.70. The zero-order valence-electron chi connectivity index (χ0n) is 9.51. The van der Waals surface area contributed by atoms with Gasteiger partial charge in [0.05, 0.1) is 24.7 Å². The Morgan fingerprint density at radius 2 is 2.06 bits per heavy atom. The fraction of sp³-hybridized carbons (Fsp3) is 0.154. The van der Waals surface area contributed by atoms with Crippen LogP contribution >= 0.6 is 11.6 Å². The molecule has 0 saturated carbocycles. The SMILES string of the molecule is N#CCc1cc(Cl)c(=O)n(Cc2ccccc2)n1. The third kappa shape index (κ3) is 2.76. The highest BCUT2D eigenvalue weighted by Crippen LogP contribution is 2.06. The van der Waals surface area contributed by atoms with E-state index in [1.165, 1.54) is 10.7 Å². The number of rotatable bonds is 3. The minimum absolute atomic E-state index is 0.0891. The van der Waals surface area contributed by atoms with Gasteiger partial charge in [0.15, 0.2) is 0 Å². The van der Waals surface area contributed by atoms with Crippen molar-refractivity contribution in [3.8, 4) is 6.07 Å². The summed E-state index contributed by atoms with van der Waals surface area (Å²) in [7, 11) is 0. The van der Waals surface area contributed by atoms with Crippen molar-refractivity contribution >= 4 is 11.6 Å². The van der Waals surface area contributed by atoms with Crippen molar-refractivity contribution in [3.05, 3.63) is 63.0 Å². The normalized spacial score (nSPS) is 10.0. The molecular formula is C13H10ClN3O. The third-order valence-electron chi connectivity index (χ3n) is 2.42. The molecule has 2 rings (SSSR count). The average molecular weight is 260 g/mol. The molecule has 1 aromatic carbocycles. The quantitative estimate of drug-likeness (QED) is 0.847. The molecule has 0 atom stereocenters. The van der Waals surface area contributed by atoms with Crippen LogP contribution in [-0.4, -0.2) is 9.78 Å². The van der Waals surface area contributed by atoms with Gasteiger partial charge in [-0.2, -0.15) is 10.4 Å². The minimum Gasteiger partial charge on any atom is -0.266 e. The highest BCUT2D eigenvalue weighted by molar-refractivity contribution is 6.30. The lowest BCUT2D eigenvalue weighted by Crippen LogP contribution is -2.25. The molecule has 90 valence electrons. The maximum atomic E-state index is 11.8. The van der Waals surface area contributed by atoms with Gasteiger partial charge in [-0.15, -0.1) is 0 Å². The molecule has 0 aliphatic rings. The summed E-state index contributed by atoms with van der Waals surface area (Å²) in [5, 5.41) is 12.8. The Labute approximate surface area is 109 Å². The molecule has 0 spiro atoms. The fourth-order valence-corrected chi connectivity index (χ4v) is 1.82. The highest BCUT2D eigenvalue weighted by Gasteiger charge is 2.07. The van der Waals surface area contributed by atoms with Crippen molar-refractivity contribution < 1.29 is 0 Å². The Morgan fingerprint density at radius 3 is 2.72 bits per heavy atom. The van der Waals surface area contributed by atoms with E-state index in [9.17, 15) is 4.79 Å². The van der Waals surface area contributed by atoms with Crippen LogP contribution in [0.2, 0.25) is 5.02 Å². The zero-order chi connectivity index (χ0) is 13.0. The number of halogens is 1. The number of hydrogen-bond acceptors (Lipinski definition) is 3. The number of aromatic nitrogens is 2. The summed E-state index contributed by atoms with van der Waals surface area (Å²) in [6.45, 7) is 0.346. The van der Waals surface area contributed by atoms with E-state index < -0.39 is 0 Å². The second-order valence-electron chi connectivity index (χ2n) is 3.77. The lowest BCUT2D eigenvalue weighted by Gasteiger charge is -2.06. The first-order valence-electron chi connectivity index (χ1n) is 5.38. The van der Waals surface area contributed by atoms with Crippen LogP contribution in [0.1, 0.15) is 11.3 Å². The molecular weight excluding hydrogens is 250 g/mol. The molecule has 1 aromatic heterocycles. The summed E-state index contributed by atoms with van der Waals surface area (Å²) in [5.74, 6) is 0. The van der Waals surface area contributed by atoms with Crippen LogP contribution < -0.4 is 5.56 Å². The van der Waals surface area contributed by atoms with Crippen molar-refractivity contribution in [3.63, 3.8) is 0 Å². The predicted molar refractivity (Wildman–Crippen MR) is 68.4 cm³/mol. The lowest BCUT2D eigenvalue weighted by atomic mass is 10.2. The molecule has 18 heavy (non-hydrogen) atoms. The standard InChI is InChI=1S/C13H10ClN3O/c14-12-8-11(6-7-15)16-17(13(12)18)9-10-4-2-1-3-5-10/h1-5,8H,6,9H2. The van der Waals surface area contributed by atoms with Gasteiger partial charge in [0.2, 0.25) is 0 Å². The number of benzene rings is 1.